The number of aryl methyl sites for hydroxylation is 1. The molecular weight excluding hydrogens is 388 g/mol. The van der Waals surface area contributed by atoms with Gasteiger partial charge in [-0.1, -0.05) is 66.2 Å². The molecule has 3 aromatic rings. The molecular formula is C26H26N2O3. The summed E-state index contributed by atoms with van der Waals surface area (Å²) in [7, 11) is 0. The number of nitrogens with zero attached hydrogens (tertiary/aromatic N) is 1. The number of hydrogen-bond donors (Lipinski definition) is 1. The van der Waals surface area contributed by atoms with Gasteiger partial charge in [0.25, 0.3) is 0 Å². The molecule has 1 heterocycles. The van der Waals surface area contributed by atoms with Crippen LogP contribution in [0.2, 0.25) is 0 Å². The van der Waals surface area contributed by atoms with E-state index >= 15 is 0 Å². The zero-order valence-electron chi connectivity index (χ0n) is 17.8. The SMILES string of the molecule is CCOC(=O)c1ccccc1NC(=O)N1CCc2ccccc2C1c1ccc(C)cc1. The van der Waals surface area contributed by atoms with Crippen LogP contribution in [0, 0.1) is 6.92 Å². The molecule has 1 atom stereocenters. The Morgan fingerprint density at radius 2 is 1.71 bits per heavy atom. The van der Waals surface area contributed by atoms with Crippen molar-refractivity contribution in [3.05, 3.63) is 101 Å². The number of hydrogen-bond acceptors (Lipinski definition) is 3. The average molecular weight is 415 g/mol. The summed E-state index contributed by atoms with van der Waals surface area (Å²) in [4.78, 5) is 27.6. The topological polar surface area (TPSA) is 58.6 Å². The number of rotatable bonds is 4. The molecule has 0 radical (unpaired) electrons. The summed E-state index contributed by atoms with van der Waals surface area (Å²) in [6, 6.07) is 23.1. The Morgan fingerprint density at radius 1 is 1.00 bits per heavy atom. The van der Waals surface area contributed by atoms with E-state index in [1.54, 1.807) is 31.2 Å². The van der Waals surface area contributed by atoms with E-state index in [1.807, 2.05) is 17.0 Å². The maximum absolute atomic E-state index is 13.4. The number of benzene rings is 3. The molecule has 158 valence electrons. The Kier molecular flexibility index (Phi) is 6.03. The molecule has 0 spiro atoms. The third-order valence-corrected chi connectivity index (χ3v) is 5.60. The van der Waals surface area contributed by atoms with Crippen molar-refractivity contribution in [3.63, 3.8) is 0 Å². The molecule has 5 nitrogen and oxygen atoms in total. The second kappa shape index (κ2) is 9.04. The first-order chi connectivity index (χ1) is 15.1. The average Bonchev–Trinajstić information content (AvgIpc) is 2.79. The van der Waals surface area contributed by atoms with Crippen LogP contribution in [0.3, 0.4) is 0 Å². The normalized spacial score (nSPS) is 15.2. The molecule has 3 aromatic carbocycles. The molecule has 31 heavy (non-hydrogen) atoms. The van der Waals surface area contributed by atoms with Gasteiger partial charge < -0.3 is 15.0 Å². The molecule has 1 N–H and O–H groups in total. The van der Waals surface area contributed by atoms with Crippen molar-refractivity contribution in [1.29, 1.82) is 0 Å². The van der Waals surface area contributed by atoms with Crippen LogP contribution in [0.25, 0.3) is 0 Å². The Balaban J connectivity index is 1.67. The standard InChI is InChI=1S/C26H26N2O3/c1-3-31-25(29)22-10-6-7-11-23(22)27-26(30)28-17-16-19-8-4-5-9-21(19)24(28)20-14-12-18(2)13-15-20/h4-15,24H,3,16-17H2,1-2H3,(H,27,30). The second-order valence-corrected chi connectivity index (χ2v) is 7.65. The van der Waals surface area contributed by atoms with Gasteiger partial charge in [0, 0.05) is 6.54 Å². The van der Waals surface area contributed by atoms with Crippen LogP contribution in [0.15, 0.2) is 72.8 Å². The lowest BCUT2D eigenvalue weighted by atomic mass is 9.88. The summed E-state index contributed by atoms with van der Waals surface area (Å²) in [5.41, 5.74) is 5.42. The number of para-hydroxylation sites is 1. The highest BCUT2D eigenvalue weighted by atomic mass is 16.5. The molecule has 2 amide bonds. The van der Waals surface area contributed by atoms with Gasteiger partial charge in [-0.05, 0) is 49.1 Å². The summed E-state index contributed by atoms with van der Waals surface area (Å²) in [6.07, 6.45) is 0.783. The minimum atomic E-state index is -0.447. The van der Waals surface area contributed by atoms with Crippen LogP contribution in [0.5, 0.6) is 0 Å². The minimum Gasteiger partial charge on any atom is -0.462 e. The number of nitrogens with one attached hydrogen (secondary N) is 1. The summed E-state index contributed by atoms with van der Waals surface area (Å²) in [6.45, 7) is 4.67. The molecule has 1 aliphatic rings. The highest BCUT2D eigenvalue weighted by Gasteiger charge is 2.32. The van der Waals surface area contributed by atoms with Gasteiger partial charge in [0.1, 0.15) is 0 Å². The zero-order chi connectivity index (χ0) is 21.8. The van der Waals surface area contributed by atoms with Crippen LogP contribution in [0.1, 0.15) is 45.6 Å². The Labute approximate surface area is 182 Å². The Hall–Kier alpha value is -3.60. The largest absolute Gasteiger partial charge is 0.462 e. The van der Waals surface area contributed by atoms with E-state index in [2.05, 4.69) is 48.6 Å². The van der Waals surface area contributed by atoms with E-state index in [0.29, 0.717) is 17.8 Å². The van der Waals surface area contributed by atoms with Crippen molar-refractivity contribution in [1.82, 2.24) is 4.90 Å². The lowest BCUT2D eigenvalue weighted by molar-refractivity contribution is 0.0527. The fourth-order valence-electron chi connectivity index (χ4n) is 4.06. The molecule has 0 saturated heterocycles. The van der Waals surface area contributed by atoms with Gasteiger partial charge in [0.2, 0.25) is 0 Å². The van der Waals surface area contributed by atoms with E-state index in [-0.39, 0.29) is 18.7 Å². The molecule has 0 saturated carbocycles. The van der Waals surface area contributed by atoms with Crippen molar-refractivity contribution < 1.29 is 14.3 Å². The fraction of sp³-hybridized carbons (Fsp3) is 0.231. The number of esters is 1. The van der Waals surface area contributed by atoms with E-state index < -0.39 is 5.97 Å². The van der Waals surface area contributed by atoms with Crippen molar-refractivity contribution in [3.8, 4) is 0 Å². The predicted molar refractivity (Wildman–Crippen MR) is 121 cm³/mol. The molecule has 4 rings (SSSR count). The Morgan fingerprint density at radius 3 is 2.48 bits per heavy atom. The molecule has 0 aliphatic carbocycles. The van der Waals surface area contributed by atoms with E-state index in [9.17, 15) is 9.59 Å². The van der Waals surface area contributed by atoms with Crippen molar-refractivity contribution in [2.24, 2.45) is 0 Å². The van der Waals surface area contributed by atoms with Gasteiger partial charge in [0.05, 0.1) is 23.9 Å². The number of carbonyl (C=O) groups excluding carboxylic acids is 2. The minimum absolute atomic E-state index is 0.194. The van der Waals surface area contributed by atoms with Gasteiger partial charge in [-0.2, -0.15) is 0 Å². The maximum atomic E-state index is 13.4. The first kappa shape index (κ1) is 20.7. The van der Waals surface area contributed by atoms with Crippen molar-refractivity contribution in [2.75, 3.05) is 18.5 Å². The predicted octanol–water partition coefficient (Wildman–Crippen LogP) is 5.35. The van der Waals surface area contributed by atoms with E-state index in [1.165, 1.54) is 11.1 Å². The van der Waals surface area contributed by atoms with E-state index in [0.717, 1.165) is 17.5 Å². The summed E-state index contributed by atoms with van der Waals surface area (Å²) in [5.74, 6) is -0.447. The lowest BCUT2D eigenvalue weighted by Gasteiger charge is -2.37. The van der Waals surface area contributed by atoms with Gasteiger partial charge in [0.15, 0.2) is 0 Å². The number of ether oxygens (including phenoxy) is 1. The molecule has 5 heteroatoms. The van der Waals surface area contributed by atoms with E-state index in [4.69, 9.17) is 4.74 Å². The molecule has 0 bridgehead atoms. The number of urea groups is 1. The number of fused-ring (bicyclic) bond motifs is 1. The quantitative estimate of drug-likeness (QED) is 0.586. The van der Waals surface area contributed by atoms with Crippen LogP contribution in [-0.4, -0.2) is 30.1 Å². The molecule has 0 fully saturated rings. The van der Waals surface area contributed by atoms with Gasteiger partial charge >= 0.3 is 12.0 Å². The van der Waals surface area contributed by atoms with Crippen LogP contribution >= 0.6 is 0 Å². The van der Waals surface area contributed by atoms with Crippen LogP contribution in [0.4, 0.5) is 10.5 Å². The highest BCUT2D eigenvalue weighted by Crippen LogP contribution is 2.35. The van der Waals surface area contributed by atoms with Gasteiger partial charge in [-0.25, -0.2) is 9.59 Å². The molecule has 0 aromatic heterocycles. The summed E-state index contributed by atoms with van der Waals surface area (Å²) < 4.78 is 5.14. The van der Waals surface area contributed by atoms with Crippen molar-refractivity contribution >= 4 is 17.7 Å². The van der Waals surface area contributed by atoms with Crippen LogP contribution in [-0.2, 0) is 11.2 Å². The number of anilines is 1. The number of amides is 2. The monoisotopic (exact) mass is 414 g/mol. The van der Waals surface area contributed by atoms with Gasteiger partial charge in [-0.15, -0.1) is 0 Å². The highest BCUT2D eigenvalue weighted by molar-refractivity contribution is 6.01. The third kappa shape index (κ3) is 4.31. The molecule has 1 aliphatic heterocycles. The Bertz CT molecular complexity index is 1090. The van der Waals surface area contributed by atoms with Crippen LogP contribution < -0.4 is 5.32 Å². The second-order valence-electron chi connectivity index (χ2n) is 7.65. The maximum Gasteiger partial charge on any atom is 0.340 e. The third-order valence-electron chi connectivity index (χ3n) is 5.60. The summed E-state index contributed by atoms with van der Waals surface area (Å²) in [5, 5.41) is 2.95. The smallest absolute Gasteiger partial charge is 0.340 e. The first-order valence-electron chi connectivity index (χ1n) is 10.6. The van der Waals surface area contributed by atoms with Crippen molar-refractivity contribution in [2.45, 2.75) is 26.3 Å². The summed E-state index contributed by atoms with van der Waals surface area (Å²) >= 11 is 0. The first-order valence-corrected chi connectivity index (χ1v) is 10.6. The fourth-order valence-corrected chi connectivity index (χ4v) is 4.06. The lowest BCUT2D eigenvalue weighted by Crippen LogP contribution is -2.43. The van der Waals surface area contributed by atoms with Gasteiger partial charge in [-0.3, -0.25) is 0 Å². The zero-order valence-corrected chi connectivity index (χ0v) is 17.8. The molecule has 1 unspecified atom stereocenters. The number of carbonyl (C=O) groups is 2.